The number of morpholine rings is 1. The maximum Gasteiger partial charge on any atom is 0.278 e. The van der Waals surface area contributed by atoms with Crippen LogP contribution in [0.1, 0.15) is 31.9 Å². The minimum Gasteiger partial charge on any atom is -0.372 e. The number of nitrogens with one attached hydrogen (secondary N) is 1. The molecule has 3 heterocycles. The van der Waals surface area contributed by atoms with Crippen LogP contribution in [-0.2, 0) is 25.7 Å². The lowest BCUT2D eigenvalue weighted by Crippen LogP contribution is -2.46. The zero-order chi connectivity index (χ0) is 22.8. The van der Waals surface area contributed by atoms with E-state index >= 15 is 0 Å². The Kier molecular flexibility index (Phi) is 6.05. The molecule has 2 aliphatic rings. The summed E-state index contributed by atoms with van der Waals surface area (Å²) in [6.45, 7) is 6.57. The predicted molar refractivity (Wildman–Crippen MR) is 119 cm³/mol. The molecule has 1 N–H and O–H groups in total. The molecule has 0 radical (unpaired) electrons. The standard InChI is InChI=1S/C24H26N4O4/c1-15-12-27(13-16(2)32-15)22-21(19-4-6-20(7-5-19)26-17(3)29)23(30)28(24(22)31)14-18-8-10-25-11-9-18/h4-11,15-16H,12-14H2,1-3H3,(H,26,29). The van der Waals surface area contributed by atoms with Gasteiger partial charge in [-0.05, 0) is 49.2 Å². The maximum absolute atomic E-state index is 13.5. The highest BCUT2D eigenvalue weighted by Gasteiger charge is 2.43. The topological polar surface area (TPSA) is 91.8 Å². The van der Waals surface area contributed by atoms with Crippen LogP contribution in [0.4, 0.5) is 5.69 Å². The average Bonchev–Trinajstić information content (AvgIpc) is 2.99. The molecule has 32 heavy (non-hydrogen) atoms. The van der Waals surface area contributed by atoms with E-state index in [0.717, 1.165) is 5.56 Å². The SMILES string of the molecule is CC(=O)Nc1ccc(C2=C(N3CC(C)OC(C)C3)C(=O)N(Cc3ccncc3)C2=O)cc1. The fraction of sp³-hybridized carbons (Fsp3) is 0.333. The van der Waals surface area contributed by atoms with Crippen molar-refractivity contribution in [1.82, 2.24) is 14.8 Å². The van der Waals surface area contributed by atoms with E-state index in [9.17, 15) is 14.4 Å². The number of pyridine rings is 1. The minimum absolute atomic E-state index is 0.0632. The van der Waals surface area contributed by atoms with E-state index in [-0.39, 0.29) is 36.5 Å². The van der Waals surface area contributed by atoms with Gasteiger partial charge in [-0.2, -0.15) is 0 Å². The molecule has 1 aromatic carbocycles. The highest BCUT2D eigenvalue weighted by atomic mass is 16.5. The molecular weight excluding hydrogens is 408 g/mol. The number of amides is 3. The summed E-state index contributed by atoms with van der Waals surface area (Å²) < 4.78 is 5.83. The molecule has 1 aromatic heterocycles. The summed E-state index contributed by atoms with van der Waals surface area (Å²) >= 11 is 0. The number of hydrogen-bond acceptors (Lipinski definition) is 6. The minimum atomic E-state index is -0.333. The number of carbonyl (C=O) groups is 3. The molecule has 8 nitrogen and oxygen atoms in total. The normalized spacial score (nSPS) is 21.3. The summed E-state index contributed by atoms with van der Waals surface area (Å²) in [5, 5.41) is 2.72. The van der Waals surface area contributed by atoms with Crippen molar-refractivity contribution in [2.45, 2.75) is 39.5 Å². The number of ether oxygens (including phenoxy) is 1. The third-order valence-corrected chi connectivity index (χ3v) is 5.46. The molecule has 0 spiro atoms. The van der Waals surface area contributed by atoms with E-state index in [0.29, 0.717) is 35.6 Å². The molecule has 0 bridgehead atoms. The molecule has 8 heteroatoms. The molecule has 166 valence electrons. The number of benzene rings is 1. The highest BCUT2D eigenvalue weighted by Crippen LogP contribution is 2.34. The van der Waals surface area contributed by atoms with Crippen molar-refractivity contribution in [1.29, 1.82) is 0 Å². The smallest absolute Gasteiger partial charge is 0.278 e. The molecule has 2 aliphatic heterocycles. The Morgan fingerprint density at radius 2 is 1.66 bits per heavy atom. The second-order valence-corrected chi connectivity index (χ2v) is 8.20. The Bertz CT molecular complexity index is 1060. The van der Waals surface area contributed by atoms with Gasteiger partial charge < -0.3 is 15.0 Å². The Morgan fingerprint density at radius 3 is 2.25 bits per heavy atom. The van der Waals surface area contributed by atoms with Crippen LogP contribution in [0.2, 0.25) is 0 Å². The van der Waals surface area contributed by atoms with Crippen LogP contribution in [0.5, 0.6) is 0 Å². The molecule has 2 atom stereocenters. The zero-order valence-corrected chi connectivity index (χ0v) is 18.4. The van der Waals surface area contributed by atoms with Crippen LogP contribution in [0.3, 0.4) is 0 Å². The van der Waals surface area contributed by atoms with Crippen molar-refractivity contribution < 1.29 is 19.1 Å². The monoisotopic (exact) mass is 434 g/mol. The third kappa shape index (κ3) is 4.40. The Labute approximate surface area is 186 Å². The predicted octanol–water partition coefficient (Wildman–Crippen LogP) is 2.43. The van der Waals surface area contributed by atoms with Crippen LogP contribution >= 0.6 is 0 Å². The maximum atomic E-state index is 13.5. The van der Waals surface area contributed by atoms with Gasteiger partial charge in [-0.25, -0.2) is 0 Å². The zero-order valence-electron chi connectivity index (χ0n) is 18.4. The molecule has 2 aromatic rings. The van der Waals surface area contributed by atoms with E-state index < -0.39 is 0 Å². The fourth-order valence-electron chi connectivity index (χ4n) is 4.22. The van der Waals surface area contributed by atoms with Crippen LogP contribution in [-0.4, -0.2) is 57.8 Å². The Morgan fingerprint density at radius 1 is 1.03 bits per heavy atom. The summed E-state index contributed by atoms with van der Waals surface area (Å²) in [5.74, 6) is -0.820. The van der Waals surface area contributed by atoms with Crippen molar-refractivity contribution in [3.8, 4) is 0 Å². The number of anilines is 1. The first-order valence-corrected chi connectivity index (χ1v) is 10.6. The Hall–Kier alpha value is -3.52. The first-order chi connectivity index (χ1) is 15.3. The first-order valence-electron chi connectivity index (χ1n) is 10.6. The lowest BCUT2D eigenvalue weighted by Gasteiger charge is -2.37. The summed E-state index contributed by atoms with van der Waals surface area (Å²) in [5.41, 5.74) is 2.86. The number of hydrogen-bond donors (Lipinski definition) is 1. The van der Waals surface area contributed by atoms with E-state index in [1.54, 1.807) is 48.8 Å². The van der Waals surface area contributed by atoms with Gasteiger partial charge in [0.1, 0.15) is 5.70 Å². The van der Waals surface area contributed by atoms with Gasteiger partial charge in [-0.3, -0.25) is 24.3 Å². The highest BCUT2D eigenvalue weighted by molar-refractivity contribution is 6.35. The summed E-state index contributed by atoms with van der Waals surface area (Å²) in [7, 11) is 0. The van der Waals surface area contributed by atoms with Crippen molar-refractivity contribution >= 4 is 29.0 Å². The van der Waals surface area contributed by atoms with E-state index in [1.807, 2.05) is 18.7 Å². The molecular formula is C24H26N4O4. The van der Waals surface area contributed by atoms with Gasteiger partial charge in [0.25, 0.3) is 11.8 Å². The Balaban J connectivity index is 1.73. The van der Waals surface area contributed by atoms with Crippen LogP contribution in [0.15, 0.2) is 54.5 Å². The van der Waals surface area contributed by atoms with Gasteiger partial charge in [0.2, 0.25) is 5.91 Å². The van der Waals surface area contributed by atoms with Gasteiger partial charge in [-0.1, -0.05) is 12.1 Å². The van der Waals surface area contributed by atoms with Gasteiger partial charge in [-0.15, -0.1) is 0 Å². The number of carbonyl (C=O) groups excluding carboxylic acids is 3. The van der Waals surface area contributed by atoms with Crippen LogP contribution in [0, 0.1) is 0 Å². The second-order valence-electron chi connectivity index (χ2n) is 8.20. The van der Waals surface area contributed by atoms with E-state index in [4.69, 9.17) is 4.74 Å². The van der Waals surface area contributed by atoms with Crippen LogP contribution < -0.4 is 5.32 Å². The molecule has 1 saturated heterocycles. The molecule has 4 rings (SSSR count). The molecule has 3 amide bonds. The second kappa shape index (κ2) is 8.92. The number of aromatic nitrogens is 1. The molecule has 1 fully saturated rings. The van der Waals surface area contributed by atoms with Gasteiger partial charge in [0.05, 0.1) is 24.3 Å². The quantitative estimate of drug-likeness (QED) is 0.727. The number of rotatable bonds is 5. The summed E-state index contributed by atoms with van der Waals surface area (Å²) in [6.07, 6.45) is 3.15. The van der Waals surface area contributed by atoms with Gasteiger partial charge in [0, 0.05) is 38.1 Å². The lowest BCUT2D eigenvalue weighted by atomic mass is 10.0. The number of nitrogens with zero attached hydrogens (tertiary/aromatic N) is 3. The average molecular weight is 434 g/mol. The third-order valence-electron chi connectivity index (χ3n) is 5.46. The lowest BCUT2D eigenvalue weighted by molar-refractivity contribution is -0.139. The van der Waals surface area contributed by atoms with Gasteiger partial charge in [0.15, 0.2) is 0 Å². The largest absolute Gasteiger partial charge is 0.372 e. The fourth-order valence-corrected chi connectivity index (χ4v) is 4.22. The summed E-state index contributed by atoms with van der Waals surface area (Å²) in [6, 6.07) is 10.6. The van der Waals surface area contributed by atoms with Crippen molar-refractivity contribution in [2.75, 3.05) is 18.4 Å². The van der Waals surface area contributed by atoms with Crippen LogP contribution in [0.25, 0.3) is 5.57 Å². The van der Waals surface area contributed by atoms with Gasteiger partial charge >= 0.3 is 0 Å². The molecule has 0 aliphatic carbocycles. The van der Waals surface area contributed by atoms with Crippen molar-refractivity contribution in [3.63, 3.8) is 0 Å². The number of imide groups is 1. The van der Waals surface area contributed by atoms with E-state index in [2.05, 4.69) is 10.3 Å². The van der Waals surface area contributed by atoms with Crippen molar-refractivity contribution in [2.24, 2.45) is 0 Å². The van der Waals surface area contributed by atoms with E-state index in [1.165, 1.54) is 11.8 Å². The summed E-state index contributed by atoms with van der Waals surface area (Å²) in [4.78, 5) is 45.6. The first kappa shape index (κ1) is 21.7. The van der Waals surface area contributed by atoms with Crippen molar-refractivity contribution in [3.05, 3.63) is 65.6 Å². The molecule has 2 unspecified atom stereocenters. The molecule has 0 saturated carbocycles.